The number of aromatic nitrogens is 2. The minimum Gasteiger partial charge on any atom is -0.316 e. The van der Waals surface area contributed by atoms with Gasteiger partial charge in [0.2, 0.25) is 5.91 Å². The van der Waals surface area contributed by atoms with E-state index in [4.69, 9.17) is 11.6 Å². The molecule has 0 fully saturated rings. The van der Waals surface area contributed by atoms with Crippen molar-refractivity contribution in [3.05, 3.63) is 17.3 Å². The first-order valence-electron chi connectivity index (χ1n) is 4.72. The van der Waals surface area contributed by atoms with Gasteiger partial charge in [-0.1, -0.05) is 18.5 Å². The number of rotatable bonds is 5. The lowest BCUT2D eigenvalue weighted by atomic mass is 10.4. The molecule has 1 amide bonds. The highest BCUT2D eigenvalue weighted by Gasteiger charge is 2.02. The van der Waals surface area contributed by atoms with Crippen molar-refractivity contribution in [2.75, 3.05) is 18.4 Å². The number of anilines is 1. The Morgan fingerprint density at radius 1 is 1.47 bits per heavy atom. The van der Waals surface area contributed by atoms with E-state index >= 15 is 0 Å². The second-order valence-electron chi connectivity index (χ2n) is 2.89. The van der Waals surface area contributed by atoms with Crippen LogP contribution < -0.4 is 10.6 Å². The highest BCUT2D eigenvalue weighted by molar-refractivity contribution is 6.29. The lowest BCUT2D eigenvalue weighted by molar-refractivity contribution is -0.116. The smallest absolute Gasteiger partial charge is 0.226 e. The van der Waals surface area contributed by atoms with Gasteiger partial charge in [-0.3, -0.25) is 4.79 Å². The minimum absolute atomic E-state index is 0.0902. The summed E-state index contributed by atoms with van der Waals surface area (Å²) in [5.74, 6) is 0.327. The van der Waals surface area contributed by atoms with Gasteiger partial charge in [0, 0.05) is 13.0 Å². The molecule has 0 radical (unpaired) electrons. The molecule has 2 N–H and O–H groups in total. The van der Waals surface area contributed by atoms with Crippen molar-refractivity contribution in [2.45, 2.75) is 13.3 Å². The van der Waals surface area contributed by atoms with Crippen LogP contribution in [0.3, 0.4) is 0 Å². The minimum atomic E-state index is -0.0902. The first-order valence-corrected chi connectivity index (χ1v) is 5.10. The van der Waals surface area contributed by atoms with Crippen LogP contribution in [0, 0.1) is 0 Å². The molecule has 0 aliphatic carbocycles. The van der Waals surface area contributed by atoms with E-state index in [9.17, 15) is 4.79 Å². The van der Waals surface area contributed by atoms with Crippen LogP contribution in [-0.2, 0) is 4.79 Å². The first kappa shape index (κ1) is 11.9. The summed E-state index contributed by atoms with van der Waals surface area (Å²) in [6.07, 6.45) is 0.415. The number of hydrogen-bond acceptors (Lipinski definition) is 4. The average molecular weight is 229 g/mol. The van der Waals surface area contributed by atoms with E-state index in [0.717, 1.165) is 6.54 Å². The zero-order valence-corrected chi connectivity index (χ0v) is 9.21. The molecule has 0 atom stereocenters. The highest BCUT2D eigenvalue weighted by Crippen LogP contribution is 2.05. The first-order chi connectivity index (χ1) is 7.22. The molecular weight excluding hydrogens is 216 g/mol. The maximum atomic E-state index is 11.3. The zero-order valence-electron chi connectivity index (χ0n) is 8.46. The summed E-state index contributed by atoms with van der Waals surface area (Å²) in [4.78, 5) is 11.3. The van der Waals surface area contributed by atoms with E-state index in [1.165, 1.54) is 0 Å². The Labute approximate surface area is 93.2 Å². The van der Waals surface area contributed by atoms with Gasteiger partial charge in [-0.25, -0.2) is 0 Å². The molecule has 1 aromatic rings. The third kappa shape index (κ3) is 4.71. The van der Waals surface area contributed by atoms with Crippen LogP contribution in [-0.4, -0.2) is 29.2 Å². The van der Waals surface area contributed by atoms with E-state index in [-0.39, 0.29) is 5.91 Å². The van der Waals surface area contributed by atoms with Crippen molar-refractivity contribution in [1.82, 2.24) is 15.5 Å². The Kier molecular flexibility index (Phi) is 5.00. The Hall–Kier alpha value is -1.20. The second kappa shape index (κ2) is 6.31. The summed E-state index contributed by atoms with van der Waals surface area (Å²) >= 11 is 5.55. The van der Waals surface area contributed by atoms with Crippen LogP contribution in [0.25, 0.3) is 0 Å². The van der Waals surface area contributed by atoms with Crippen LogP contribution in [0.1, 0.15) is 13.3 Å². The molecule has 82 valence electrons. The van der Waals surface area contributed by atoms with E-state index in [0.29, 0.717) is 23.9 Å². The number of nitrogens with zero attached hydrogens (tertiary/aromatic N) is 2. The number of hydrogen-bond donors (Lipinski definition) is 2. The summed E-state index contributed by atoms with van der Waals surface area (Å²) in [7, 11) is 0. The molecule has 1 aromatic heterocycles. The zero-order chi connectivity index (χ0) is 11.1. The molecule has 0 saturated carbocycles. The molecule has 0 aliphatic heterocycles. The molecule has 0 aromatic carbocycles. The van der Waals surface area contributed by atoms with Crippen LogP contribution in [0.4, 0.5) is 5.82 Å². The SMILES string of the molecule is CCNCCC(=O)Nc1ccc(Cl)nn1. The fraction of sp³-hybridized carbons (Fsp3) is 0.444. The van der Waals surface area contributed by atoms with Crippen LogP contribution in [0.2, 0.25) is 5.15 Å². The van der Waals surface area contributed by atoms with Gasteiger partial charge in [0.15, 0.2) is 11.0 Å². The molecule has 1 rings (SSSR count). The van der Waals surface area contributed by atoms with Gasteiger partial charge in [0.05, 0.1) is 0 Å². The van der Waals surface area contributed by atoms with Gasteiger partial charge in [0.25, 0.3) is 0 Å². The molecule has 0 bridgehead atoms. The van der Waals surface area contributed by atoms with Gasteiger partial charge in [0.1, 0.15) is 0 Å². The lowest BCUT2D eigenvalue weighted by Crippen LogP contribution is -2.21. The van der Waals surface area contributed by atoms with Gasteiger partial charge in [-0.2, -0.15) is 0 Å². The summed E-state index contributed by atoms with van der Waals surface area (Å²) in [6, 6.07) is 3.19. The number of carbonyl (C=O) groups is 1. The van der Waals surface area contributed by atoms with E-state index in [2.05, 4.69) is 20.8 Å². The maximum Gasteiger partial charge on any atom is 0.226 e. The Bertz CT molecular complexity index is 314. The van der Waals surface area contributed by atoms with Gasteiger partial charge in [-0.15, -0.1) is 10.2 Å². The van der Waals surface area contributed by atoms with Crippen LogP contribution in [0.5, 0.6) is 0 Å². The van der Waals surface area contributed by atoms with Crippen molar-refractivity contribution < 1.29 is 4.79 Å². The Morgan fingerprint density at radius 3 is 2.87 bits per heavy atom. The number of nitrogens with one attached hydrogen (secondary N) is 2. The molecule has 0 spiro atoms. The van der Waals surface area contributed by atoms with Crippen molar-refractivity contribution >= 4 is 23.3 Å². The normalized spacial score (nSPS) is 10.0. The summed E-state index contributed by atoms with van der Waals surface area (Å²) in [6.45, 7) is 3.50. The maximum absolute atomic E-state index is 11.3. The summed E-state index contributed by atoms with van der Waals surface area (Å²) in [5.41, 5.74) is 0. The predicted molar refractivity (Wildman–Crippen MR) is 58.8 cm³/mol. The van der Waals surface area contributed by atoms with Gasteiger partial charge >= 0.3 is 0 Å². The van der Waals surface area contributed by atoms with E-state index in [1.807, 2.05) is 6.92 Å². The van der Waals surface area contributed by atoms with Crippen molar-refractivity contribution in [2.24, 2.45) is 0 Å². The number of halogens is 1. The molecule has 6 heteroatoms. The quantitative estimate of drug-likeness (QED) is 0.740. The molecule has 5 nitrogen and oxygen atoms in total. The lowest BCUT2D eigenvalue weighted by Gasteiger charge is -2.03. The average Bonchev–Trinajstić information content (AvgIpc) is 2.22. The number of carbonyl (C=O) groups excluding carboxylic acids is 1. The molecule has 15 heavy (non-hydrogen) atoms. The summed E-state index contributed by atoms with van der Waals surface area (Å²) in [5, 5.41) is 13.3. The number of amides is 1. The van der Waals surface area contributed by atoms with Crippen LogP contribution >= 0.6 is 11.6 Å². The second-order valence-corrected chi connectivity index (χ2v) is 3.28. The Morgan fingerprint density at radius 2 is 2.27 bits per heavy atom. The third-order valence-electron chi connectivity index (χ3n) is 1.68. The van der Waals surface area contributed by atoms with E-state index in [1.54, 1.807) is 12.1 Å². The standard InChI is InChI=1S/C9H13ClN4O/c1-2-11-6-5-9(15)12-8-4-3-7(10)13-14-8/h3-4,11H,2,5-6H2,1H3,(H,12,14,15). The summed E-state index contributed by atoms with van der Waals surface area (Å²) < 4.78 is 0. The fourth-order valence-electron chi connectivity index (χ4n) is 0.967. The fourth-order valence-corrected chi connectivity index (χ4v) is 1.07. The molecule has 0 unspecified atom stereocenters. The molecule has 1 heterocycles. The topological polar surface area (TPSA) is 66.9 Å². The largest absolute Gasteiger partial charge is 0.316 e. The van der Waals surface area contributed by atoms with Crippen LogP contribution in [0.15, 0.2) is 12.1 Å². The molecule has 0 saturated heterocycles. The van der Waals surface area contributed by atoms with Crippen molar-refractivity contribution in [3.63, 3.8) is 0 Å². The monoisotopic (exact) mass is 228 g/mol. The highest BCUT2D eigenvalue weighted by atomic mass is 35.5. The van der Waals surface area contributed by atoms with Gasteiger partial charge in [-0.05, 0) is 18.7 Å². The van der Waals surface area contributed by atoms with Crippen molar-refractivity contribution in [1.29, 1.82) is 0 Å². The molecular formula is C9H13ClN4O. The third-order valence-corrected chi connectivity index (χ3v) is 1.88. The van der Waals surface area contributed by atoms with Crippen molar-refractivity contribution in [3.8, 4) is 0 Å². The Balaban J connectivity index is 2.34. The predicted octanol–water partition coefficient (Wildman–Crippen LogP) is 1.07. The molecule has 0 aliphatic rings. The van der Waals surface area contributed by atoms with E-state index < -0.39 is 0 Å². The van der Waals surface area contributed by atoms with Gasteiger partial charge < -0.3 is 10.6 Å².